The Hall–Kier alpha value is -3.11. The molecule has 0 amide bonds. The summed E-state index contributed by atoms with van der Waals surface area (Å²) in [5.41, 5.74) is -1.66. The van der Waals surface area contributed by atoms with Gasteiger partial charge in [-0.25, -0.2) is 0 Å². The van der Waals surface area contributed by atoms with Gasteiger partial charge >= 0.3 is 0 Å². The van der Waals surface area contributed by atoms with Crippen molar-refractivity contribution in [2.45, 2.75) is 24.5 Å². The predicted octanol–water partition coefficient (Wildman–Crippen LogP) is 0.535. The lowest BCUT2D eigenvalue weighted by molar-refractivity contribution is -0.140. The van der Waals surface area contributed by atoms with E-state index in [9.17, 15) is 34.8 Å². The lowest BCUT2D eigenvalue weighted by Gasteiger charge is -2.38. The van der Waals surface area contributed by atoms with Gasteiger partial charge in [0.25, 0.3) is 0 Å². The topological polar surface area (TPSA) is 147 Å². The zero-order valence-electron chi connectivity index (χ0n) is 18.4. The number of rotatable bonds is 6. The molecule has 0 aliphatic heterocycles. The van der Waals surface area contributed by atoms with Crippen LogP contribution in [0, 0.1) is 0 Å². The second-order valence-corrected chi connectivity index (χ2v) is 8.79. The maximum absolute atomic E-state index is 13.5. The maximum atomic E-state index is 13.5. The number of nitrogens with zero attached hydrogens (tertiary/aromatic N) is 1. The van der Waals surface area contributed by atoms with Crippen LogP contribution in [0.15, 0.2) is 52.3 Å². The van der Waals surface area contributed by atoms with Crippen LogP contribution < -0.4 is 5.32 Å². The van der Waals surface area contributed by atoms with E-state index >= 15 is 0 Å². The minimum atomic E-state index is -1.97. The third kappa shape index (κ3) is 3.63. The van der Waals surface area contributed by atoms with Gasteiger partial charge in [-0.05, 0) is 25.7 Å². The number of anilines is 1. The number of ketones is 3. The molecule has 0 saturated heterocycles. The summed E-state index contributed by atoms with van der Waals surface area (Å²) < 4.78 is 0. The molecule has 3 aliphatic carbocycles. The second kappa shape index (κ2) is 8.35. The van der Waals surface area contributed by atoms with Crippen molar-refractivity contribution >= 4 is 23.0 Å². The third-order valence-corrected chi connectivity index (χ3v) is 6.38. The van der Waals surface area contributed by atoms with Crippen LogP contribution >= 0.6 is 0 Å². The number of carbonyl (C=O) groups excluding carboxylic acids is 3. The van der Waals surface area contributed by atoms with Crippen LogP contribution in [0.4, 0.5) is 5.69 Å². The fraction of sp³-hybridized carbons (Fsp3) is 0.375. The number of allylic oxidation sites excluding steroid dienone is 1. The molecule has 0 saturated carbocycles. The molecule has 0 fully saturated rings. The molecular formula is C24H26N2O7. The summed E-state index contributed by atoms with van der Waals surface area (Å²) >= 11 is 0. The molecule has 174 valence electrons. The van der Waals surface area contributed by atoms with E-state index in [1.54, 1.807) is 12.1 Å². The molecule has 1 unspecified atom stereocenters. The number of carbonyl (C=O) groups is 3. The molecule has 3 aliphatic rings. The van der Waals surface area contributed by atoms with Gasteiger partial charge < -0.3 is 30.6 Å². The van der Waals surface area contributed by atoms with Crippen molar-refractivity contribution in [1.29, 1.82) is 0 Å². The number of aliphatic hydroxyl groups excluding tert-OH is 3. The molecule has 0 bridgehead atoms. The van der Waals surface area contributed by atoms with Gasteiger partial charge in [0, 0.05) is 48.3 Å². The van der Waals surface area contributed by atoms with E-state index in [-0.39, 0.29) is 39.8 Å². The SMILES string of the molecule is CN(C)CCNc1cccc2c1C(=O)C1=C(C2=O)C(O)C2=CC[C@@](O)(C(=O)CO)CC2=C1O. The Morgan fingerprint density at radius 1 is 1.24 bits per heavy atom. The molecule has 9 heteroatoms. The van der Waals surface area contributed by atoms with Crippen LogP contribution in [0.1, 0.15) is 33.6 Å². The Morgan fingerprint density at radius 2 is 1.97 bits per heavy atom. The summed E-state index contributed by atoms with van der Waals surface area (Å²) in [5, 5.41) is 45.1. The molecule has 33 heavy (non-hydrogen) atoms. The summed E-state index contributed by atoms with van der Waals surface area (Å²) in [5.74, 6) is -2.57. The number of nitrogens with one attached hydrogen (secondary N) is 1. The monoisotopic (exact) mass is 454 g/mol. The standard InChI is InChI=1S/C24H26N2O7/c1-26(2)9-8-25-15-5-3-4-13-17(15)23(32)19-18(21(13)30)20(29)12-6-7-24(33,16(28)11-27)10-14(12)22(19)31/h3-6,20,25,27,29,31,33H,7-11H2,1-2H3/t20?,24-/m0/s1. The van der Waals surface area contributed by atoms with Crippen LogP contribution in [0.25, 0.3) is 0 Å². The summed E-state index contributed by atoms with van der Waals surface area (Å²) in [6.07, 6.45) is -0.718. The summed E-state index contributed by atoms with van der Waals surface area (Å²) in [6, 6.07) is 4.82. The molecule has 5 N–H and O–H groups in total. The molecule has 1 aromatic rings. The van der Waals surface area contributed by atoms with Gasteiger partial charge in [-0.15, -0.1) is 0 Å². The largest absolute Gasteiger partial charge is 0.507 e. The highest BCUT2D eigenvalue weighted by Crippen LogP contribution is 2.46. The van der Waals surface area contributed by atoms with E-state index in [0.717, 1.165) is 0 Å². The lowest BCUT2D eigenvalue weighted by Crippen LogP contribution is -2.45. The molecule has 0 radical (unpaired) electrons. The predicted molar refractivity (Wildman–Crippen MR) is 119 cm³/mol. The average molecular weight is 454 g/mol. The first kappa shape index (κ1) is 23.1. The lowest BCUT2D eigenvalue weighted by atomic mass is 9.69. The Labute approximate surface area is 190 Å². The van der Waals surface area contributed by atoms with Gasteiger partial charge in [0.2, 0.25) is 0 Å². The zero-order chi connectivity index (χ0) is 24.1. The van der Waals surface area contributed by atoms with Gasteiger partial charge in [-0.3, -0.25) is 14.4 Å². The van der Waals surface area contributed by atoms with Gasteiger partial charge in [-0.1, -0.05) is 18.2 Å². The van der Waals surface area contributed by atoms with E-state index < -0.39 is 47.8 Å². The Bertz CT molecular complexity index is 1160. The van der Waals surface area contributed by atoms with Crippen molar-refractivity contribution in [3.05, 3.63) is 63.5 Å². The molecular weight excluding hydrogens is 428 g/mol. The van der Waals surface area contributed by atoms with Crippen molar-refractivity contribution in [1.82, 2.24) is 4.90 Å². The van der Waals surface area contributed by atoms with Crippen molar-refractivity contribution in [3.8, 4) is 0 Å². The van der Waals surface area contributed by atoms with Gasteiger partial charge in [-0.2, -0.15) is 0 Å². The highest BCUT2D eigenvalue weighted by molar-refractivity contribution is 6.31. The smallest absolute Gasteiger partial charge is 0.200 e. The first-order valence-corrected chi connectivity index (χ1v) is 10.6. The van der Waals surface area contributed by atoms with E-state index in [2.05, 4.69) is 5.32 Å². The van der Waals surface area contributed by atoms with Crippen molar-refractivity contribution in [2.75, 3.05) is 39.1 Å². The highest BCUT2D eigenvalue weighted by atomic mass is 16.3. The Kier molecular flexibility index (Phi) is 5.83. The highest BCUT2D eigenvalue weighted by Gasteiger charge is 2.48. The van der Waals surface area contributed by atoms with Crippen LogP contribution in [0.5, 0.6) is 0 Å². The average Bonchev–Trinajstić information content (AvgIpc) is 2.78. The number of hydrogen-bond acceptors (Lipinski definition) is 9. The molecule has 1 aromatic carbocycles. The number of Topliss-reactive ketones (excluding diaryl/α,β-unsaturated/α-hetero) is 3. The van der Waals surface area contributed by atoms with Crippen molar-refractivity contribution in [3.63, 3.8) is 0 Å². The van der Waals surface area contributed by atoms with E-state index in [1.165, 1.54) is 12.1 Å². The second-order valence-electron chi connectivity index (χ2n) is 8.79. The van der Waals surface area contributed by atoms with E-state index in [1.807, 2.05) is 19.0 Å². The molecule has 9 nitrogen and oxygen atoms in total. The minimum absolute atomic E-state index is 0.0134. The third-order valence-electron chi connectivity index (χ3n) is 6.38. The molecule has 0 heterocycles. The first-order chi connectivity index (χ1) is 15.6. The summed E-state index contributed by atoms with van der Waals surface area (Å²) in [6.45, 7) is 0.298. The maximum Gasteiger partial charge on any atom is 0.200 e. The van der Waals surface area contributed by atoms with Gasteiger partial charge in [0.1, 0.15) is 24.1 Å². The van der Waals surface area contributed by atoms with Gasteiger partial charge in [0.05, 0.1) is 11.1 Å². The van der Waals surface area contributed by atoms with E-state index in [0.29, 0.717) is 18.8 Å². The van der Waals surface area contributed by atoms with Crippen LogP contribution in [0.2, 0.25) is 0 Å². The summed E-state index contributed by atoms with van der Waals surface area (Å²) in [4.78, 5) is 40.9. The van der Waals surface area contributed by atoms with Crippen molar-refractivity contribution in [2.24, 2.45) is 0 Å². The van der Waals surface area contributed by atoms with Crippen LogP contribution in [-0.2, 0) is 4.79 Å². The molecule has 4 rings (SSSR count). The fourth-order valence-corrected chi connectivity index (χ4v) is 4.58. The number of benzene rings is 1. The Morgan fingerprint density at radius 3 is 2.64 bits per heavy atom. The number of aliphatic hydroxyl groups is 4. The summed E-state index contributed by atoms with van der Waals surface area (Å²) in [7, 11) is 3.80. The Balaban J connectivity index is 1.81. The normalized spacial score (nSPS) is 24.4. The fourth-order valence-electron chi connectivity index (χ4n) is 4.58. The quantitative estimate of drug-likeness (QED) is 0.415. The number of hydrogen-bond donors (Lipinski definition) is 5. The van der Waals surface area contributed by atoms with Gasteiger partial charge in [0.15, 0.2) is 17.3 Å². The van der Waals surface area contributed by atoms with Crippen molar-refractivity contribution < 1.29 is 34.8 Å². The first-order valence-electron chi connectivity index (χ1n) is 10.6. The van der Waals surface area contributed by atoms with E-state index in [4.69, 9.17) is 0 Å². The number of likely N-dealkylation sites (N-methyl/N-ethyl adjacent to an activating group) is 1. The van der Waals surface area contributed by atoms with Crippen LogP contribution in [-0.4, -0.2) is 88.2 Å². The minimum Gasteiger partial charge on any atom is -0.507 e. The van der Waals surface area contributed by atoms with Crippen LogP contribution in [0.3, 0.4) is 0 Å². The number of fused-ring (bicyclic) bond motifs is 2. The molecule has 0 spiro atoms. The molecule has 0 aromatic heterocycles. The molecule has 2 atom stereocenters. The zero-order valence-corrected chi connectivity index (χ0v) is 18.4.